The van der Waals surface area contributed by atoms with Gasteiger partial charge in [0.2, 0.25) is 0 Å². The molecule has 2 rings (SSSR count). The molecule has 0 aliphatic carbocycles. The quantitative estimate of drug-likeness (QED) is 0.735. The van der Waals surface area contributed by atoms with Gasteiger partial charge in [-0.15, -0.1) is 0 Å². The van der Waals surface area contributed by atoms with Crippen molar-refractivity contribution in [3.63, 3.8) is 0 Å². The highest BCUT2D eigenvalue weighted by atomic mass is 16.5. The van der Waals surface area contributed by atoms with Crippen LogP contribution in [0.1, 0.15) is 19.4 Å². The van der Waals surface area contributed by atoms with Crippen molar-refractivity contribution in [2.24, 2.45) is 5.92 Å². The zero-order chi connectivity index (χ0) is 12.1. The molecule has 0 spiro atoms. The van der Waals surface area contributed by atoms with Crippen LogP contribution in [0.25, 0.3) is 0 Å². The van der Waals surface area contributed by atoms with Crippen LogP contribution >= 0.6 is 0 Å². The van der Waals surface area contributed by atoms with Crippen molar-refractivity contribution >= 4 is 0 Å². The topological polar surface area (TPSA) is 9.23 Å². The molecule has 0 amide bonds. The molecule has 2 aromatic rings. The number of hydrogen-bond donors (Lipinski definition) is 0. The fraction of sp³-hybridized carbons (Fsp3) is 0.250. The van der Waals surface area contributed by atoms with Crippen molar-refractivity contribution < 1.29 is 4.74 Å². The smallest absolute Gasteiger partial charge is 0.127 e. The van der Waals surface area contributed by atoms with Gasteiger partial charge in [0.25, 0.3) is 0 Å². The molecule has 0 heterocycles. The van der Waals surface area contributed by atoms with Crippen LogP contribution in [0.3, 0.4) is 0 Å². The van der Waals surface area contributed by atoms with Gasteiger partial charge in [-0.1, -0.05) is 44.2 Å². The van der Waals surface area contributed by atoms with Crippen molar-refractivity contribution in [3.05, 3.63) is 60.2 Å². The average Bonchev–Trinajstić information content (AvgIpc) is 2.32. The second-order valence-electron chi connectivity index (χ2n) is 4.66. The molecule has 0 bridgehead atoms. The number of benzene rings is 2. The molecule has 0 aromatic heterocycles. The van der Waals surface area contributed by atoms with E-state index >= 15 is 0 Å². The standard InChI is InChI=1S/C16H18O/c1-13(2)12-14-8-10-16(11-9-14)17-15-6-4-3-5-7-15/h3-11,13H,12H2,1-2H3. The Balaban J connectivity index is 2.03. The summed E-state index contributed by atoms with van der Waals surface area (Å²) in [5, 5.41) is 0. The van der Waals surface area contributed by atoms with Crippen molar-refractivity contribution in [2.75, 3.05) is 0 Å². The lowest BCUT2D eigenvalue weighted by Crippen LogP contribution is -1.93. The van der Waals surface area contributed by atoms with E-state index in [9.17, 15) is 0 Å². The van der Waals surface area contributed by atoms with Crippen LogP contribution in [-0.4, -0.2) is 0 Å². The first-order valence-electron chi connectivity index (χ1n) is 6.06. The van der Waals surface area contributed by atoms with E-state index in [-0.39, 0.29) is 0 Å². The molecule has 0 saturated carbocycles. The molecule has 17 heavy (non-hydrogen) atoms. The van der Waals surface area contributed by atoms with Gasteiger partial charge in [0, 0.05) is 0 Å². The Morgan fingerprint density at radius 2 is 1.41 bits per heavy atom. The Morgan fingerprint density at radius 3 is 2.00 bits per heavy atom. The summed E-state index contributed by atoms with van der Waals surface area (Å²) in [5.41, 5.74) is 1.36. The Bertz CT molecular complexity index is 443. The summed E-state index contributed by atoms with van der Waals surface area (Å²) in [6, 6.07) is 18.2. The first kappa shape index (κ1) is 11.7. The molecule has 88 valence electrons. The van der Waals surface area contributed by atoms with E-state index in [0.29, 0.717) is 5.92 Å². The van der Waals surface area contributed by atoms with Gasteiger partial charge in [-0.2, -0.15) is 0 Å². The minimum absolute atomic E-state index is 0.691. The normalized spacial score (nSPS) is 10.5. The number of hydrogen-bond acceptors (Lipinski definition) is 1. The summed E-state index contributed by atoms with van der Waals surface area (Å²) in [4.78, 5) is 0. The van der Waals surface area contributed by atoms with E-state index in [0.717, 1.165) is 17.9 Å². The lowest BCUT2D eigenvalue weighted by molar-refractivity contribution is 0.482. The Morgan fingerprint density at radius 1 is 0.824 bits per heavy atom. The van der Waals surface area contributed by atoms with Gasteiger partial charge in [0.1, 0.15) is 11.5 Å². The molecular formula is C16H18O. The van der Waals surface area contributed by atoms with Gasteiger partial charge in [-0.3, -0.25) is 0 Å². The molecule has 0 saturated heterocycles. The minimum atomic E-state index is 0.691. The van der Waals surface area contributed by atoms with Crippen molar-refractivity contribution in [3.8, 4) is 11.5 Å². The minimum Gasteiger partial charge on any atom is -0.457 e. The third-order valence-electron chi connectivity index (χ3n) is 2.55. The summed E-state index contributed by atoms with van der Waals surface area (Å²) in [6.45, 7) is 4.46. The third-order valence-corrected chi connectivity index (χ3v) is 2.55. The number of ether oxygens (including phenoxy) is 1. The average molecular weight is 226 g/mol. The Kier molecular flexibility index (Phi) is 3.81. The largest absolute Gasteiger partial charge is 0.457 e. The fourth-order valence-corrected chi connectivity index (χ4v) is 1.79. The molecule has 0 aliphatic heterocycles. The lowest BCUT2D eigenvalue weighted by atomic mass is 10.0. The molecule has 0 N–H and O–H groups in total. The van der Waals surface area contributed by atoms with Crippen molar-refractivity contribution in [2.45, 2.75) is 20.3 Å². The zero-order valence-corrected chi connectivity index (χ0v) is 10.4. The summed E-state index contributed by atoms with van der Waals surface area (Å²) in [7, 11) is 0. The van der Waals surface area contributed by atoms with Gasteiger partial charge < -0.3 is 4.74 Å². The number of rotatable bonds is 4. The molecule has 1 heteroatoms. The van der Waals surface area contributed by atoms with Crippen molar-refractivity contribution in [1.29, 1.82) is 0 Å². The summed E-state index contributed by atoms with van der Waals surface area (Å²) in [5.74, 6) is 2.46. The molecule has 0 aliphatic rings. The maximum atomic E-state index is 5.74. The highest BCUT2D eigenvalue weighted by Crippen LogP contribution is 2.21. The van der Waals surface area contributed by atoms with Crippen LogP contribution in [0.4, 0.5) is 0 Å². The summed E-state index contributed by atoms with van der Waals surface area (Å²) >= 11 is 0. The molecule has 2 aromatic carbocycles. The third kappa shape index (κ3) is 3.63. The SMILES string of the molecule is CC(C)Cc1ccc(Oc2ccccc2)cc1. The van der Waals surface area contributed by atoms with Gasteiger partial charge in [-0.25, -0.2) is 0 Å². The van der Waals surface area contributed by atoms with E-state index in [1.807, 2.05) is 42.5 Å². The van der Waals surface area contributed by atoms with E-state index in [4.69, 9.17) is 4.74 Å². The lowest BCUT2D eigenvalue weighted by Gasteiger charge is -2.08. The van der Waals surface area contributed by atoms with Crippen LogP contribution in [0, 0.1) is 5.92 Å². The molecular weight excluding hydrogens is 208 g/mol. The van der Waals surface area contributed by atoms with Gasteiger partial charge in [-0.05, 0) is 42.2 Å². The number of para-hydroxylation sites is 1. The van der Waals surface area contributed by atoms with Gasteiger partial charge in [0.05, 0.1) is 0 Å². The molecule has 0 atom stereocenters. The van der Waals surface area contributed by atoms with E-state index in [1.54, 1.807) is 0 Å². The van der Waals surface area contributed by atoms with Gasteiger partial charge >= 0.3 is 0 Å². The maximum absolute atomic E-state index is 5.74. The Labute approximate surface area is 103 Å². The maximum Gasteiger partial charge on any atom is 0.127 e. The predicted octanol–water partition coefficient (Wildman–Crippen LogP) is 4.68. The zero-order valence-electron chi connectivity index (χ0n) is 10.4. The second kappa shape index (κ2) is 5.53. The fourth-order valence-electron chi connectivity index (χ4n) is 1.79. The first-order chi connectivity index (χ1) is 8.24. The van der Waals surface area contributed by atoms with Crippen molar-refractivity contribution in [1.82, 2.24) is 0 Å². The monoisotopic (exact) mass is 226 g/mol. The first-order valence-corrected chi connectivity index (χ1v) is 6.06. The van der Waals surface area contributed by atoms with Crippen LogP contribution in [0.5, 0.6) is 11.5 Å². The van der Waals surface area contributed by atoms with Crippen LogP contribution in [0.15, 0.2) is 54.6 Å². The van der Waals surface area contributed by atoms with Crippen LogP contribution < -0.4 is 4.74 Å². The van der Waals surface area contributed by atoms with Crippen LogP contribution in [-0.2, 0) is 6.42 Å². The molecule has 0 fully saturated rings. The summed E-state index contributed by atoms with van der Waals surface area (Å²) in [6.07, 6.45) is 1.12. The predicted molar refractivity (Wildman–Crippen MR) is 71.5 cm³/mol. The summed E-state index contributed by atoms with van der Waals surface area (Å²) < 4.78 is 5.74. The van der Waals surface area contributed by atoms with E-state index < -0.39 is 0 Å². The highest BCUT2D eigenvalue weighted by molar-refractivity contribution is 5.33. The van der Waals surface area contributed by atoms with E-state index in [2.05, 4.69) is 26.0 Å². The molecule has 1 nitrogen and oxygen atoms in total. The molecule has 0 radical (unpaired) electrons. The van der Waals surface area contributed by atoms with Gasteiger partial charge in [0.15, 0.2) is 0 Å². The second-order valence-corrected chi connectivity index (χ2v) is 4.66. The van der Waals surface area contributed by atoms with Crippen LogP contribution in [0.2, 0.25) is 0 Å². The highest BCUT2D eigenvalue weighted by Gasteiger charge is 1.99. The molecule has 0 unspecified atom stereocenters. The Hall–Kier alpha value is -1.76. The van der Waals surface area contributed by atoms with E-state index in [1.165, 1.54) is 5.56 Å².